The number of aromatic amines is 1. The maximum Gasteiger partial charge on any atom is 0.451 e. The minimum absolute atomic E-state index is 0.00999. The second kappa shape index (κ2) is 9.10. The summed E-state index contributed by atoms with van der Waals surface area (Å²) in [6.07, 6.45) is -0.714. The molecule has 13 heteroatoms. The maximum absolute atomic E-state index is 13.5. The molecule has 0 aliphatic carbocycles. The predicted octanol–water partition coefficient (Wildman–Crippen LogP) is 4.11. The van der Waals surface area contributed by atoms with E-state index in [1.54, 1.807) is 23.4 Å². The number of benzene rings is 1. The third-order valence-electron chi connectivity index (χ3n) is 6.60. The van der Waals surface area contributed by atoms with Crippen molar-refractivity contribution in [1.82, 2.24) is 29.9 Å². The van der Waals surface area contributed by atoms with Gasteiger partial charge in [-0.25, -0.2) is 15.0 Å². The Morgan fingerprint density at radius 3 is 2.51 bits per heavy atom. The Hall–Kier alpha value is -3.51. The molecule has 6 rings (SSSR count). The standard InChI is InChI=1S/C24H22ClF3N8O/c1-13-31-21(24(26,27)28)34-23(32-13)36-5-4-16-17-10-15(25)2-3-18(17)33-19(16)20(36)14-11-29-22(30-12-14)35-6-8-37-9-7-35/h2-3,10-12,20,33H,4-9H2,1H3. The minimum Gasteiger partial charge on any atom is -0.378 e. The molecule has 1 N–H and O–H groups in total. The average Bonchev–Trinajstić information content (AvgIpc) is 3.26. The van der Waals surface area contributed by atoms with Crippen molar-refractivity contribution in [1.29, 1.82) is 0 Å². The van der Waals surface area contributed by atoms with Crippen molar-refractivity contribution in [3.05, 3.63) is 64.1 Å². The number of morpholine rings is 1. The van der Waals surface area contributed by atoms with Crippen LogP contribution in [-0.2, 0) is 17.3 Å². The summed E-state index contributed by atoms with van der Waals surface area (Å²) in [5.74, 6) is -0.705. The molecule has 4 aromatic rings. The van der Waals surface area contributed by atoms with Crippen LogP contribution in [-0.4, -0.2) is 62.8 Å². The monoisotopic (exact) mass is 530 g/mol. The molecule has 0 saturated carbocycles. The molecule has 0 bridgehead atoms. The van der Waals surface area contributed by atoms with Crippen LogP contribution >= 0.6 is 11.6 Å². The van der Waals surface area contributed by atoms with Crippen LogP contribution in [0.5, 0.6) is 0 Å². The van der Waals surface area contributed by atoms with E-state index >= 15 is 0 Å². The van der Waals surface area contributed by atoms with Gasteiger partial charge in [-0.05, 0) is 37.1 Å². The molecule has 1 atom stereocenters. The van der Waals surface area contributed by atoms with Crippen LogP contribution in [0.2, 0.25) is 5.02 Å². The van der Waals surface area contributed by atoms with Crippen LogP contribution in [0.15, 0.2) is 30.6 Å². The SMILES string of the molecule is Cc1nc(N2CCc3c([nH]c4ccc(Cl)cc34)C2c2cnc(N3CCOCC3)nc2)nc(C(F)(F)F)n1. The number of H-pyrrole nitrogens is 1. The van der Waals surface area contributed by atoms with Crippen LogP contribution in [0.25, 0.3) is 10.9 Å². The second-order valence-corrected chi connectivity index (χ2v) is 9.41. The van der Waals surface area contributed by atoms with Gasteiger partial charge in [-0.15, -0.1) is 0 Å². The van der Waals surface area contributed by atoms with Gasteiger partial charge in [-0.2, -0.15) is 23.1 Å². The smallest absolute Gasteiger partial charge is 0.378 e. The Morgan fingerprint density at radius 1 is 1.03 bits per heavy atom. The Kier molecular flexibility index (Phi) is 5.87. The lowest BCUT2D eigenvalue weighted by molar-refractivity contribution is -0.145. The van der Waals surface area contributed by atoms with E-state index < -0.39 is 18.0 Å². The zero-order valence-corrected chi connectivity index (χ0v) is 20.5. The first-order chi connectivity index (χ1) is 17.8. The highest BCUT2D eigenvalue weighted by Gasteiger charge is 2.39. The van der Waals surface area contributed by atoms with E-state index in [2.05, 4.69) is 29.9 Å². The summed E-state index contributed by atoms with van der Waals surface area (Å²) in [7, 11) is 0. The zero-order chi connectivity index (χ0) is 25.7. The normalized spacial score (nSPS) is 18.4. The lowest BCUT2D eigenvalue weighted by Gasteiger charge is -2.36. The fourth-order valence-electron chi connectivity index (χ4n) is 4.94. The number of rotatable bonds is 3. The summed E-state index contributed by atoms with van der Waals surface area (Å²) < 4.78 is 46.1. The van der Waals surface area contributed by atoms with E-state index in [9.17, 15) is 13.2 Å². The number of ether oxygens (including phenoxy) is 1. The van der Waals surface area contributed by atoms with Gasteiger partial charge >= 0.3 is 6.18 Å². The van der Waals surface area contributed by atoms with Crippen LogP contribution < -0.4 is 9.80 Å². The topological polar surface area (TPSA) is 96.0 Å². The van der Waals surface area contributed by atoms with Gasteiger partial charge in [0.25, 0.3) is 0 Å². The molecule has 3 aromatic heterocycles. The molecule has 0 spiro atoms. The summed E-state index contributed by atoms with van der Waals surface area (Å²) >= 11 is 6.27. The van der Waals surface area contributed by atoms with Crippen LogP contribution in [0, 0.1) is 6.92 Å². The lowest BCUT2D eigenvalue weighted by atomic mass is 9.94. The summed E-state index contributed by atoms with van der Waals surface area (Å²) in [4.78, 5) is 28.0. The number of nitrogens with zero attached hydrogens (tertiary/aromatic N) is 7. The largest absolute Gasteiger partial charge is 0.451 e. The molecule has 2 aliphatic rings. The van der Waals surface area contributed by atoms with Crippen molar-refractivity contribution in [3.8, 4) is 0 Å². The van der Waals surface area contributed by atoms with Crippen molar-refractivity contribution in [2.75, 3.05) is 42.6 Å². The van der Waals surface area contributed by atoms with Gasteiger partial charge < -0.3 is 19.5 Å². The summed E-state index contributed by atoms with van der Waals surface area (Å²) in [6.45, 7) is 4.38. The van der Waals surface area contributed by atoms with E-state index in [0.717, 1.165) is 22.2 Å². The Morgan fingerprint density at radius 2 is 1.78 bits per heavy atom. The molecule has 5 heterocycles. The first-order valence-electron chi connectivity index (χ1n) is 11.8. The molecule has 0 amide bonds. The van der Waals surface area contributed by atoms with Crippen LogP contribution in [0.1, 0.15) is 34.5 Å². The molecule has 0 radical (unpaired) electrons. The van der Waals surface area contributed by atoms with Gasteiger partial charge in [0.15, 0.2) is 0 Å². The highest BCUT2D eigenvalue weighted by Crippen LogP contribution is 2.40. The summed E-state index contributed by atoms with van der Waals surface area (Å²) in [5, 5.41) is 1.58. The van der Waals surface area contributed by atoms with E-state index in [4.69, 9.17) is 16.3 Å². The number of anilines is 2. The Labute approximate surface area is 214 Å². The Bertz CT molecular complexity index is 1450. The van der Waals surface area contributed by atoms with E-state index in [1.807, 2.05) is 17.0 Å². The van der Waals surface area contributed by atoms with E-state index in [0.29, 0.717) is 55.8 Å². The number of hydrogen-bond donors (Lipinski definition) is 1. The lowest BCUT2D eigenvalue weighted by Crippen LogP contribution is -2.39. The van der Waals surface area contributed by atoms with E-state index in [1.165, 1.54) is 6.92 Å². The first kappa shape index (κ1) is 23.9. The molecule has 1 saturated heterocycles. The molecule has 1 fully saturated rings. The first-order valence-corrected chi connectivity index (χ1v) is 12.2. The molecule has 1 unspecified atom stereocenters. The predicted molar refractivity (Wildman–Crippen MR) is 131 cm³/mol. The van der Waals surface area contributed by atoms with Crippen molar-refractivity contribution in [2.24, 2.45) is 0 Å². The van der Waals surface area contributed by atoms with Gasteiger partial charge in [0, 0.05) is 59.2 Å². The fraction of sp³-hybridized carbons (Fsp3) is 0.375. The van der Waals surface area contributed by atoms with Crippen molar-refractivity contribution in [3.63, 3.8) is 0 Å². The third-order valence-corrected chi connectivity index (χ3v) is 6.84. The van der Waals surface area contributed by atoms with Crippen molar-refractivity contribution in [2.45, 2.75) is 25.6 Å². The van der Waals surface area contributed by atoms with Gasteiger partial charge in [0.05, 0.1) is 13.2 Å². The second-order valence-electron chi connectivity index (χ2n) is 8.97. The van der Waals surface area contributed by atoms with Crippen molar-refractivity contribution < 1.29 is 17.9 Å². The number of halogens is 4. The van der Waals surface area contributed by atoms with Crippen molar-refractivity contribution >= 4 is 34.4 Å². The average molecular weight is 531 g/mol. The molecule has 9 nitrogen and oxygen atoms in total. The third kappa shape index (κ3) is 4.44. The quantitative estimate of drug-likeness (QED) is 0.423. The number of hydrogen-bond acceptors (Lipinski definition) is 8. The molecule has 1 aromatic carbocycles. The van der Waals surface area contributed by atoms with Crippen LogP contribution in [0.3, 0.4) is 0 Å². The number of fused-ring (bicyclic) bond motifs is 3. The summed E-state index contributed by atoms with van der Waals surface area (Å²) in [5.41, 5.74) is 3.44. The molecule has 192 valence electrons. The van der Waals surface area contributed by atoms with Gasteiger partial charge in [-0.1, -0.05) is 11.6 Å². The molecular formula is C24H22ClF3N8O. The number of aryl methyl sites for hydroxylation is 1. The molecular weight excluding hydrogens is 509 g/mol. The van der Waals surface area contributed by atoms with Gasteiger partial charge in [0.1, 0.15) is 11.9 Å². The van der Waals surface area contributed by atoms with Crippen LogP contribution in [0.4, 0.5) is 25.1 Å². The molecule has 37 heavy (non-hydrogen) atoms. The number of alkyl halides is 3. The van der Waals surface area contributed by atoms with Gasteiger partial charge in [-0.3, -0.25) is 0 Å². The Balaban J connectivity index is 1.47. The van der Waals surface area contributed by atoms with Gasteiger partial charge in [0.2, 0.25) is 17.7 Å². The number of nitrogens with one attached hydrogen (secondary N) is 1. The highest BCUT2D eigenvalue weighted by atomic mass is 35.5. The minimum atomic E-state index is -4.69. The molecule has 2 aliphatic heterocycles. The number of aromatic nitrogens is 6. The summed E-state index contributed by atoms with van der Waals surface area (Å²) in [6, 6.07) is 5.04. The zero-order valence-electron chi connectivity index (χ0n) is 19.8. The fourth-order valence-corrected chi connectivity index (χ4v) is 5.12. The van der Waals surface area contributed by atoms with E-state index in [-0.39, 0.29) is 11.8 Å². The highest BCUT2D eigenvalue weighted by molar-refractivity contribution is 6.31. The maximum atomic E-state index is 13.5.